The SMILES string of the molecule is Cc1ccc(C(=O)/N=C(\c2ccc(Cl)cc2)c2ccc3c(c2)c(-c2cccc(Cl)c2)cc(=O)n3C)cc1. The lowest BCUT2D eigenvalue weighted by molar-refractivity contribution is 0.100. The molecule has 182 valence electrons. The number of aliphatic imine (C=N–C) groups is 1. The van der Waals surface area contributed by atoms with E-state index in [1.165, 1.54) is 0 Å². The van der Waals surface area contributed by atoms with Crippen molar-refractivity contribution in [2.45, 2.75) is 6.92 Å². The Morgan fingerprint density at radius 1 is 0.757 bits per heavy atom. The Morgan fingerprint density at radius 3 is 2.14 bits per heavy atom. The molecule has 0 aliphatic rings. The van der Waals surface area contributed by atoms with Crippen molar-refractivity contribution in [3.8, 4) is 11.1 Å². The summed E-state index contributed by atoms with van der Waals surface area (Å²) in [5.41, 5.74) is 5.76. The van der Waals surface area contributed by atoms with Crippen molar-refractivity contribution in [2.75, 3.05) is 0 Å². The Kier molecular flexibility index (Phi) is 6.79. The summed E-state index contributed by atoms with van der Waals surface area (Å²) in [7, 11) is 1.74. The second kappa shape index (κ2) is 10.2. The topological polar surface area (TPSA) is 51.4 Å². The van der Waals surface area contributed by atoms with Gasteiger partial charge in [0.25, 0.3) is 11.5 Å². The number of aromatic nitrogens is 1. The summed E-state index contributed by atoms with van der Waals surface area (Å²) >= 11 is 12.4. The van der Waals surface area contributed by atoms with E-state index in [0.29, 0.717) is 21.3 Å². The van der Waals surface area contributed by atoms with Gasteiger partial charge in [-0.05, 0) is 66.6 Å². The minimum absolute atomic E-state index is 0.128. The number of halogens is 2. The third-order valence-corrected chi connectivity index (χ3v) is 6.77. The number of aryl methyl sites for hydroxylation is 2. The maximum absolute atomic E-state index is 13.2. The number of amides is 1. The number of fused-ring (bicyclic) bond motifs is 1. The van der Waals surface area contributed by atoms with Crippen LogP contribution in [0.15, 0.2) is 107 Å². The van der Waals surface area contributed by atoms with Gasteiger partial charge in [0.2, 0.25) is 0 Å². The molecule has 0 bridgehead atoms. The Bertz CT molecular complexity index is 1740. The van der Waals surface area contributed by atoms with E-state index in [4.69, 9.17) is 23.2 Å². The van der Waals surface area contributed by atoms with Gasteiger partial charge < -0.3 is 4.57 Å². The quantitative estimate of drug-likeness (QED) is 0.228. The van der Waals surface area contributed by atoms with E-state index in [1.54, 1.807) is 48.0 Å². The van der Waals surface area contributed by atoms with Crippen LogP contribution in [-0.2, 0) is 7.05 Å². The van der Waals surface area contributed by atoms with E-state index in [-0.39, 0.29) is 11.5 Å². The maximum Gasteiger partial charge on any atom is 0.277 e. The normalized spacial score (nSPS) is 11.6. The van der Waals surface area contributed by atoms with E-state index in [9.17, 15) is 9.59 Å². The second-order valence-electron chi connectivity index (χ2n) is 8.84. The van der Waals surface area contributed by atoms with Crippen LogP contribution in [0.3, 0.4) is 0 Å². The Balaban J connectivity index is 1.74. The molecule has 0 saturated carbocycles. The lowest BCUT2D eigenvalue weighted by atomic mass is 9.96. The molecule has 1 amide bonds. The van der Waals surface area contributed by atoms with Gasteiger partial charge in [0, 0.05) is 45.2 Å². The number of hydrogen-bond donors (Lipinski definition) is 0. The fraction of sp³-hybridized carbons (Fsp3) is 0.0645. The molecule has 0 unspecified atom stereocenters. The average Bonchev–Trinajstić information content (AvgIpc) is 2.90. The van der Waals surface area contributed by atoms with Crippen LogP contribution in [0.5, 0.6) is 0 Å². The van der Waals surface area contributed by atoms with E-state index in [2.05, 4.69) is 4.99 Å². The highest BCUT2D eigenvalue weighted by Crippen LogP contribution is 2.30. The predicted octanol–water partition coefficient (Wildman–Crippen LogP) is 7.50. The molecule has 0 saturated heterocycles. The van der Waals surface area contributed by atoms with E-state index < -0.39 is 0 Å². The van der Waals surface area contributed by atoms with Crippen LogP contribution in [0.1, 0.15) is 27.0 Å². The average molecular weight is 525 g/mol. The van der Waals surface area contributed by atoms with Crippen LogP contribution < -0.4 is 5.56 Å². The fourth-order valence-electron chi connectivity index (χ4n) is 4.27. The zero-order valence-corrected chi connectivity index (χ0v) is 21.7. The summed E-state index contributed by atoms with van der Waals surface area (Å²) in [5, 5.41) is 2.01. The molecule has 4 nitrogen and oxygen atoms in total. The van der Waals surface area contributed by atoms with Crippen molar-refractivity contribution in [2.24, 2.45) is 12.0 Å². The molecule has 0 aliphatic heterocycles. The molecule has 0 spiro atoms. The van der Waals surface area contributed by atoms with Gasteiger partial charge in [0.15, 0.2) is 0 Å². The lowest BCUT2D eigenvalue weighted by Gasteiger charge is -2.14. The molecule has 0 fully saturated rings. The fourth-order valence-corrected chi connectivity index (χ4v) is 4.59. The summed E-state index contributed by atoms with van der Waals surface area (Å²) in [6.07, 6.45) is 0. The van der Waals surface area contributed by atoms with Crippen molar-refractivity contribution in [3.05, 3.63) is 140 Å². The molecule has 6 heteroatoms. The largest absolute Gasteiger partial charge is 0.311 e. The number of hydrogen-bond acceptors (Lipinski definition) is 2. The number of carbonyl (C=O) groups excluding carboxylic acids is 1. The monoisotopic (exact) mass is 524 g/mol. The molecule has 0 radical (unpaired) electrons. The molecule has 37 heavy (non-hydrogen) atoms. The van der Waals surface area contributed by atoms with Gasteiger partial charge in [0.1, 0.15) is 0 Å². The van der Waals surface area contributed by atoms with Gasteiger partial charge in [0.05, 0.1) is 11.2 Å². The van der Waals surface area contributed by atoms with Crippen LogP contribution in [0, 0.1) is 6.92 Å². The van der Waals surface area contributed by atoms with Crippen molar-refractivity contribution in [1.82, 2.24) is 4.57 Å². The molecule has 0 N–H and O–H groups in total. The summed E-state index contributed by atoms with van der Waals surface area (Å²) in [5.74, 6) is -0.347. The van der Waals surface area contributed by atoms with Gasteiger partial charge in [-0.15, -0.1) is 0 Å². The second-order valence-corrected chi connectivity index (χ2v) is 9.71. The maximum atomic E-state index is 13.2. The first-order valence-electron chi connectivity index (χ1n) is 11.7. The molecule has 5 aromatic rings. The number of rotatable bonds is 4. The Morgan fingerprint density at radius 2 is 1.43 bits per heavy atom. The highest BCUT2D eigenvalue weighted by Gasteiger charge is 2.15. The van der Waals surface area contributed by atoms with Crippen molar-refractivity contribution >= 4 is 45.7 Å². The minimum Gasteiger partial charge on any atom is -0.311 e. The van der Waals surface area contributed by atoms with Gasteiger partial charge in [-0.25, -0.2) is 4.99 Å². The first-order chi connectivity index (χ1) is 17.8. The molecular weight excluding hydrogens is 503 g/mol. The van der Waals surface area contributed by atoms with Crippen molar-refractivity contribution in [3.63, 3.8) is 0 Å². The summed E-state index contributed by atoms with van der Waals surface area (Å²) in [6, 6.07) is 29.2. The van der Waals surface area contributed by atoms with Gasteiger partial charge in [-0.2, -0.15) is 0 Å². The summed E-state index contributed by atoms with van der Waals surface area (Å²) < 4.78 is 1.60. The van der Waals surface area contributed by atoms with Crippen molar-refractivity contribution in [1.29, 1.82) is 0 Å². The first kappa shape index (κ1) is 24.7. The summed E-state index contributed by atoms with van der Waals surface area (Å²) in [4.78, 5) is 30.5. The molecule has 1 heterocycles. The molecule has 4 aromatic carbocycles. The molecule has 1 aromatic heterocycles. The van der Waals surface area contributed by atoms with E-state index >= 15 is 0 Å². The molecular formula is C31H22Cl2N2O2. The van der Waals surface area contributed by atoms with Crippen LogP contribution in [0.4, 0.5) is 0 Å². The third-order valence-electron chi connectivity index (χ3n) is 6.29. The number of benzene rings is 4. The minimum atomic E-state index is -0.347. The standard InChI is InChI=1S/C31H22Cl2N2O2/c1-19-6-8-21(9-7-19)31(37)34-30(20-10-13-24(32)14-11-20)23-12-15-28-27(17-23)26(18-29(36)35(28)2)22-4-3-5-25(33)16-22/h3-18H,1-2H3/b34-30+. The lowest BCUT2D eigenvalue weighted by Crippen LogP contribution is -2.17. The van der Waals surface area contributed by atoms with Gasteiger partial charge >= 0.3 is 0 Å². The zero-order valence-electron chi connectivity index (χ0n) is 20.2. The summed E-state index contributed by atoms with van der Waals surface area (Å²) in [6.45, 7) is 1.97. The predicted molar refractivity (Wildman–Crippen MR) is 152 cm³/mol. The number of pyridine rings is 1. The van der Waals surface area contributed by atoms with Crippen molar-refractivity contribution < 1.29 is 4.79 Å². The molecule has 5 rings (SSSR count). The smallest absolute Gasteiger partial charge is 0.277 e. The number of nitrogens with zero attached hydrogens (tertiary/aromatic N) is 2. The molecule has 0 atom stereocenters. The highest BCUT2D eigenvalue weighted by molar-refractivity contribution is 6.31. The first-order valence-corrected chi connectivity index (χ1v) is 12.4. The zero-order chi connectivity index (χ0) is 26.1. The van der Waals surface area contributed by atoms with Gasteiger partial charge in [-0.1, -0.05) is 71.2 Å². The highest BCUT2D eigenvalue weighted by atomic mass is 35.5. The van der Waals surface area contributed by atoms with E-state index in [1.807, 2.05) is 67.6 Å². The van der Waals surface area contributed by atoms with Crippen LogP contribution in [0.25, 0.3) is 22.0 Å². The van der Waals surface area contributed by atoms with E-state index in [0.717, 1.165) is 38.7 Å². The van der Waals surface area contributed by atoms with Crippen LogP contribution in [-0.4, -0.2) is 16.2 Å². The van der Waals surface area contributed by atoms with Gasteiger partial charge in [-0.3, -0.25) is 9.59 Å². The van der Waals surface area contributed by atoms with Crippen LogP contribution >= 0.6 is 23.2 Å². The number of carbonyl (C=O) groups is 1. The third kappa shape index (κ3) is 5.12. The molecule has 0 aliphatic carbocycles. The Labute approximate surface area is 224 Å². The van der Waals surface area contributed by atoms with Crippen LogP contribution in [0.2, 0.25) is 10.0 Å². The Hall–Kier alpha value is -3.99.